The summed E-state index contributed by atoms with van der Waals surface area (Å²) in [4.78, 5) is 27.6. The standard InChI is InChI=1S/C26H21N3O2S2/c27-24(30)22-23(25(28)31)33-21(29-22)16-17-32-26(18-10-4-1-5-11-18,19-12-6-2-7-13-19)20-14-8-3-9-15-20/h1-17H,(H2,27,30)(H2,28,31). The average molecular weight is 472 g/mol. The van der Waals surface area contributed by atoms with E-state index in [1.54, 1.807) is 17.8 Å². The Kier molecular flexibility index (Phi) is 6.72. The second kappa shape index (κ2) is 9.85. The zero-order valence-electron chi connectivity index (χ0n) is 17.5. The summed E-state index contributed by atoms with van der Waals surface area (Å²) in [5, 5.41) is 2.41. The van der Waals surface area contributed by atoms with E-state index in [0.29, 0.717) is 5.01 Å². The predicted octanol–water partition coefficient (Wildman–Crippen LogP) is 5.04. The fourth-order valence-corrected chi connectivity index (χ4v) is 5.79. The number of benzene rings is 3. The summed E-state index contributed by atoms with van der Waals surface area (Å²) in [6.07, 6.45) is 1.78. The first-order valence-corrected chi connectivity index (χ1v) is 11.8. The maximum atomic E-state index is 11.7. The number of aromatic nitrogens is 1. The van der Waals surface area contributed by atoms with Gasteiger partial charge in [-0.25, -0.2) is 4.98 Å². The summed E-state index contributed by atoms with van der Waals surface area (Å²) in [7, 11) is 0. The second-order valence-electron chi connectivity index (χ2n) is 7.16. The van der Waals surface area contributed by atoms with Crippen LogP contribution in [-0.4, -0.2) is 16.8 Å². The van der Waals surface area contributed by atoms with E-state index >= 15 is 0 Å². The fourth-order valence-electron chi connectivity index (χ4n) is 3.66. The summed E-state index contributed by atoms with van der Waals surface area (Å²) in [6.45, 7) is 0. The normalized spacial score (nSPS) is 11.5. The van der Waals surface area contributed by atoms with Crippen LogP contribution in [0.25, 0.3) is 6.08 Å². The Morgan fingerprint density at radius 3 is 1.58 bits per heavy atom. The molecule has 0 radical (unpaired) electrons. The van der Waals surface area contributed by atoms with Crippen molar-refractivity contribution in [2.45, 2.75) is 4.75 Å². The maximum Gasteiger partial charge on any atom is 0.269 e. The molecular formula is C26H21N3O2S2. The lowest BCUT2D eigenvalue weighted by Crippen LogP contribution is -2.24. The first-order valence-electron chi connectivity index (χ1n) is 10.1. The molecule has 5 nitrogen and oxygen atoms in total. The Labute approximate surface area is 200 Å². The number of carbonyl (C=O) groups excluding carboxylic acids is 2. The average Bonchev–Trinajstić information content (AvgIpc) is 3.29. The van der Waals surface area contributed by atoms with Gasteiger partial charge in [0, 0.05) is 0 Å². The minimum Gasteiger partial charge on any atom is -0.365 e. The van der Waals surface area contributed by atoms with Gasteiger partial charge in [-0.1, -0.05) is 91.0 Å². The van der Waals surface area contributed by atoms with Crippen molar-refractivity contribution >= 4 is 41.0 Å². The number of hydrogen-bond donors (Lipinski definition) is 2. The van der Waals surface area contributed by atoms with Gasteiger partial charge in [0.2, 0.25) is 0 Å². The van der Waals surface area contributed by atoms with E-state index in [2.05, 4.69) is 41.4 Å². The second-order valence-corrected chi connectivity index (χ2v) is 9.31. The van der Waals surface area contributed by atoms with Gasteiger partial charge in [-0.05, 0) is 28.2 Å². The van der Waals surface area contributed by atoms with Gasteiger partial charge < -0.3 is 11.5 Å². The molecular weight excluding hydrogens is 450 g/mol. The summed E-state index contributed by atoms with van der Waals surface area (Å²) in [6, 6.07) is 30.8. The molecule has 4 rings (SSSR count). The maximum absolute atomic E-state index is 11.7. The van der Waals surface area contributed by atoms with E-state index in [9.17, 15) is 9.59 Å². The van der Waals surface area contributed by atoms with Gasteiger partial charge in [0.15, 0.2) is 5.69 Å². The molecule has 7 heteroatoms. The van der Waals surface area contributed by atoms with Gasteiger partial charge in [-0.3, -0.25) is 9.59 Å². The van der Waals surface area contributed by atoms with Crippen LogP contribution in [0.5, 0.6) is 0 Å². The van der Waals surface area contributed by atoms with Crippen molar-refractivity contribution in [3.63, 3.8) is 0 Å². The number of rotatable bonds is 8. The van der Waals surface area contributed by atoms with Crippen LogP contribution in [0.4, 0.5) is 0 Å². The molecule has 0 fully saturated rings. The number of amides is 2. The number of hydrogen-bond acceptors (Lipinski definition) is 5. The fraction of sp³-hybridized carbons (Fsp3) is 0.0385. The monoisotopic (exact) mass is 471 g/mol. The van der Waals surface area contributed by atoms with Gasteiger partial charge in [0.25, 0.3) is 11.8 Å². The van der Waals surface area contributed by atoms with Gasteiger partial charge in [0.1, 0.15) is 9.88 Å². The van der Waals surface area contributed by atoms with Gasteiger partial charge >= 0.3 is 0 Å². The zero-order valence-corrected chi connectivity index (χ0v) is 19.2. The third kappa shape index (κ3) is 4.60. The number of carbonyl (C=O) groups is 2. The predicted molar refractivity (Wildman–Crippen MR) is 135 cm³/mol. The Bertz CT molecular complexity index is 1160. The molecule has 0 atom stereocenters. The molecule has 4 N–H and O–H groups in total. The van der Waals surface area contributed by atoms with Gasteiger partial charge in [-0.2, -0.15) is 0 Å². The molecule has 1 aromatic heterocycles. The van der Waals surface area contributed by atoms with E-state index in [-0.39, 0.29) is 10.6 Å². The molecule has 2 amide bonds. The van der Waals surface area contributed by atoms with Crippen molar-refractivity contribution < 1.29 is 9.59 Å². The third-order valence-electron chi connectivity index (χ3n) is 5.10. The van der Waals surface area contributed by atoms with E-state index in [1.807, 2.05) is 60.0 Å². The highest BCUT2D eigenvalue weighted by molar-refractivity contribution is 8.03. The number of thioether (sulfide) groups is 1. The highest BCUT2D eigenvalue weighted by Crippen LogP contribution is 2.49. The molecule has 4 aromatic rings. The summed E-state index contributed by atoms with van der Waals surface area (Å²) >= 11 is 2.66. The summed E-state index contributed by atoms with van der Waals surface area (Å²) in [5.41, 5.74) is 14.0. The van der Waals surface area contributed by atoms with Crippen molar-refractivity contribution in [1.29, 1.82) is 0 Å². The van der Waals surface area contributed by atoms with Crippen molar-refractivity contribution in [1.82, 2.24) is 4.98 Å². The highest BCUT2D eigenvalue weighted by atomic mass is 32.2. The van der Waals surface area contributed by atoms with E-state index in [0.717, 1.165) is 28.0 Å². The lowest BCUT2D eigenvalue weighted by Gasteiger charge is -2.34. The largest absolute Gasteiger partial charge is 0.365 e. The minimum atomic E-state index is -0.778. The van der Waals surface area contributed by atoms with Crippen LogP contribution in [0.2, 0.25) is 0 Å². The van der Waals surface area contributed by atoms with Crippen LogP contribution in [0.15, 0.2) is 96.4 Å². The molecule has 0 aliphatic carbocycles. The molecule has 0 saturated heterocycles. The molecule has 0 spiro atoms. The molecule has 0 unspecified atom stereocenters. The van der Waals surface area contributed by atoms with Crippen LogP contribution < -0.4 is 11.5 Å². The van der Waals surface area contributed by atoms with Crippen molar-refractivity contribution in [3.8, 4) is 0 Å². The molecule has 0 bridgehead atoms. The molecule has 33 heavy (non-hydrogen) atoms. The quantitative estimate of drug-likeness (QED) is 0.352. The Morgan fingerprint density at radius 1 is 0.758 bits per heavy atom. The first-order chi connectivity index (χ1) is 16.0. The molecule has 1 heterocycles. The number of nitrogens with two attached hydrogens (primary N) is 2. The zero-order chi connectivity index (χ0) is 23.3. The number of nitrogens with zero attached hydrogens (tertiary/aromatic N) is 1. The van der Waals surface area contributed by atoms with E-state index in [4.69, 9.17) is 11.5 Å². The SMILES string of the molecule is NC(=O)c1nc(C=CSC(c2ccccc2)(c2ccccc2)c2ccccc2)sc1C(N)=O. The van der Waals surface area contributed by atoms with Crippen LogP contribution in [-0.2, 0) is 4.75 Å². The Balaban J connectivity index is 1.82. The topological polar surface area (TPSA) is 99.1 Å². The summed E-state index contributed by atoms with van der Waals surface area (Å²) < 4.78 is -0.531. The lowest BCUT2D eigenvalue weighted by atomic mass is 9.84. The molecule has 0 aliphatic rings. The summed E-state index contributed by atoms with van der Waals surface area (Å²) in [5.74, 6) is -1.50. The minimum absolute atomic E-state index is 0.0626. The van der Waals surface area contributed by atoms with Crippen LogP contribution >= 0.6 is 23.1 Å². The smallest absolute Gasteiger partial charge is 0.269 e. The molecule has 3 aromatic carbocycles. The van der Waals surface area contributed by atoms with Crippen LogP contribution in [0, 0.1) is 0 Å². The third-order valence-corrected chi connectivity index (χ3v) is 7.47. The highest BCUT2D eigenvalue weighted by Gasteiger charge is 2.36. The molecule has 0 aliphatic heterocycles. The van der Waals surface area contributed by atoms with Crippen molar-refractivity contribution in [2.24, 2.45) is 11.5 Å². The van der Waals surface area contributed by atoms with Crippen molar-refractivity contribution in [2.75, 3.05) is 0 Å². The molecule has 164 valence electrons. The Morgan fingerprint density at radius 2 is 1.21 bits per heavy atom. The lowest BCUT2D eigenvalue weighted by molar-refractivity contribution is 0.0967. The van der Waals surface area contributed by atoms with Crippen LogP contribution in [0.3, 0.4) is 0 Å². The van der Waals surface area contributed by atoms with Crippen molar-refractivity contribution in [3.05, 3.63) is 129 Å². The van der Waals surface area contributed by atoms with E-state index in [1.165, 1.54) is 0 Å². The van der Waals surface area contributed by atoms with Gasteiger partial charge in [0.05, 0.1) is 4.75 Å². The number of primary amides is 2. The number of thiazole rings is 1. The van der Waals surface area contributed by atoms with Crippen LogP contribution in [0.1, 0.15) is 41.9 Å². The molecule has 0 saturated carbocycles. The van der Waals surface area contributed by atoms with Gasteiger partial charge in [-0.15, -0.1) is 23.1 Å². The van der Waals surface area contributed by atoms with E-state index < -0.39 is 16.6 Å². The first kappa shape index (κ1) is 22.5. The Hall–Kier alpha value is -3.68.